The SMILES string of the molecule is CC1(N)CCN(C(=O)CN(C(=O)/C=C/c2cccc(C(N)=O)c2)c2cccc(-c3ccccc3O)c2)C1. The molecular weight excluding hydrogens is 468 g/mol. The van der Waals surface area contributed by atoms with Gasteiger partial charge in [0, 0.05) is 41.5 Å². The van der Waals surface area contributed by atoms with Crippen LogP contribution in [0.15, 0.2) is 78.9 Å². The lowest BCUT2D eigenvalue weighted by Crippen LogP contribution is -2.45. The third-order valence-electron chi connectivity index (χ3n) is 6.38. The Labute approximate surface area is 215 Å². The Morgan fingerprint density at radius 1 is 1.05 bits per heavy atom. The number of hydrogen-bond donors (Lipinski definition) is 3. The Bertz CT molecular complexity index is 1370. The highest BCUT2D eigenvalue weighted by Crippen LogP contribution is 2.31. The number of primary amides is 1. The monoisotopic (exact) mass is 498 g/mol. The first-order valence-corrected chi connectivity index (χ1v) is 12.0. The van der Waals surface area contributed by atoms with Gasteiger partial charge in [0.15, 0.2) is 0 Å². The van der Waals surface area contributed by atoms with Crippen molar-refractivity contribution >= 4 is 29.5 Å². The number of para-hydroxylation sites is 1. The quantitative estimate of drug-likeness (QED) is 0.431. The van der Waals surface area contributed by atoms with Crippen LogP contribution < -0.4 is 16.4 Å². The summed E-state index contributed by atoms with van der Waals surface area (Å²) >= 11 is 0. The zero-order chi connectivity index (χ0) is 26.6. The van der Waals surface area contributed by atoms with Crippen LogP contribution in [0.5, 0.6) is 5.75 Å². The summed E-state index contributed by atoms with van der Waals surface area (Å²) in [6.45, 7) is 2.68. The molecule has 8 nitrogen and oxygen atoms in total. The van der Waals surface area contributed by atoms with Crippen LogP contribution in [0.2, 0.25) is 0 Å². The second-order valence-corrected chi connectivity index (χ2v) is 9.53. The first-order chi connectivity index (χ1) is 17.6. The molecule has 37 heavy (non-hydrogen) atoms. The van der Waals surface area contributed by atoms with E-state index < -0.39 is 17.4 Å². The Morgan fingerprint density at radius 3 is 2.51 bits per heavy atom. The van der Waals surface area contributed by atoms with Gasteiger partial charge in [-0.25, -0.2) is 0 Å². The number of likely N-dealkylation sites (tertiary alicyclic amines) is 1. The number of phenols is 1. The number of amides is 3. The van der Waals surface area contributed by atoms with Crippen molar-refractivity contribution in [1.29, 1.82) is 0 Å². The van der Waals surface area contributed by atoms with E-state index >= 15 is 0 Å². The summed E-state index contributed by atoms with van der Waals surface area (Å²) in [5.41, 5.74) is 13.9. The third-order valence-corrected chi connectivity index (χ3v) is 6.38. The van der Waals surface area contributed by atoms with Crippen LogP contribution in [0.3, 0.4) is 0 Å². The van der Waals surface area contributed by atoms with E-state index in [0.717, 1.165) is 0 Å². The lowest BCUT2D eigenvalue weighted by Gasteiger charge is -2.26. The molecule has 1 saturated heterocycles. The molecule has 0 spiro atoms. The molecule has 3 aromatic carbocycles. The van der Waals surface area contributed by atoms with Crippen molar-refractivity contribution < 1.29 is 19.5 Å². The predicted octanol–water partition coefficient (Wildman–Crippen LogP) is 3.15. The average molecular weight is 499 g/mol. The largest absolute Gasteiger partial charge is 0.507 e. The van der Waals surface area contributed by atoms with Gasteiger partial charge in [0.25, 0.3) is 5.91 Å². The molecule has 1 unspecified atom stereocenters. The van der Waals surface area contributed by atoms with Gasteiger partial charge in [0.05, 0.1) is 0 Å². The summed E-state index contributed by atoms with van der Waals surface area (Å²) < 4.78 is 0. The van der Waals surface area contributed by atoms with Gasteiger partial charge in [-0.3, -0.25) is 19.3 Å². The molecule has 0 bridgehead atoms. The van der Waals surface area contributed by atoms with Gasteiger partial charge < -0.3 is 21.5 Å². The van der Waals surface area contributed by atoms with E-state index in [-0.39, 0.29) is 18.2 Å². The summed E-state index contributed by atoms with van der Waals surface area (Å²) in [4.78, 5) is 41.2. The number of aromatic hydroxyl groups is 1. The maximum atomic E-state index is 13.4. The first kappa shape index (κ1) is 25.7. The molecule has 0 aliphatic carbocycles. The highest BCUT2D eigenvalue weighted by Gasteiger charge is 2.33. The van der Waals surface area contributed by atoms with Gasteiger partial charge in [-0.05, 0) is 60.9 Å². The number of nitrogens with two attached hydrogens (primary N) is 2. The average Bonchev–Trinajstić information content (AvgIpc) is 3.26. The topological polar surface area (TPSA) is 130 Å². The summed E-state index contributed by atoms with van der Waals surface area (Å²) in [7, 11) is 0. The zero-order valence-corrected chi connectivity index (χ0v) is 20.6. The van der Waals surface area contributed by atoms with Gasteiger partial charge in [-0.15, -0.1) is 0 Å². The van der Waals surface area contributed by atoms with Crippen LogP contribution in [-0.2, 0) is 9.59 Å². The molecule has 1 atom stereocenters. The van der Waals surface area contributed by atoms with Gasteiger partial charge in [-0.2, -0.15) is 0 Å². The molecule has 1 aliphatic heterocycles. The predicted molar refractivity (Wildman–Crippen MR) is 144 cm³/mol. The summed E-state index contributed by atoms with van der Waals surface area (Å²) in [6, 6.07) is 20.6. The Kier molecular flexibility index (Phi) is 7.40. The minimum absolute atomic E-state index is 0.113. The smallest absolute Gasteiger partial charge is 0.251 e. The van der Waals surface area contributed by atoms with E-state index in [1.807, 2.05) is 19.1 Å². The number of anilines is 1. The maximum Gasteiger partial charge on any atom is 0.251 e. The van der Waals surface area contributed by atoms with Gasteiger partial charge in [0.2, 0.25) is 11.8 Å². The third kappa shape index (κ3) is 6.23. The van der Waals surface area contributed by atoms with Gasteiger partial charge in [-0.1, -0.05) is 42.5 Å². The molecule has 4 rings (SSSR count). The minimum atomic E-state index is -0.563. The Hall–Kier alpha value is -4.43. The van der Waals surface area contributed by atoms with Crippen molar-refractivity contribution in [3.05, 3.63) is 90.0 Å². The highest BCUT2D eigenvalue weighted by atomic mass is 16.3. The second kappa shape index (κ2) is 10.7. The van der Waals surface area contributed by atoms with Crippen molar-refractivity contribution in [3.8, 4) is 16.9 Å². The fourth-order valence-electron chi connectivity index (χ4n) is 4.34. The fourth-order valence-corrected chi connectivity index (χ4v) is 4.34. The lowest BCUT2D eigenvalue weighted by molar-refractivity contribution is -0.130. The Morgan fingerprint density at radius 2 is 1.81 bits per heavy atom. The number of phenolic OH excluding ortho intramolecular Hbond substituents is 1. The molecule has 0 saturated carbocycles. The minimum Gasteiger partial charge on any atom is -0.507 e. The number of carbonyl (C=O) groups excluding carboxylic acids is 3. The summed E-state index contributed by atoms with van der Waals surface area (Å²) in [5.74, 6) is -1.07. The van der Waals surface area contributed by atoms with Crippen LogP contribution in [0.4, 0.5) is 5.69 Å². The van der Waals surface area contributed by atoms with Crippen molar-refractivity contribution in [1.82, 2.24) is 4.90 Å². The summed E-state index contributed by atoms with van der Waals surface area (Å²) in [5, 5.41) is 10.3. The Balaban J connectivity index is 1.65. The molecule has 1 fully saturated rings. The molecule has 1 heterocycles. The van der Waals surface area contributed by atoms with Crippen LogP contribution in [0, 0.1) is 0 Å². The first-order valence-electron chi connectivity index (χ1n) is 12.0. The number of carbonyl (C=O) groups is 3. The number of benzene rings is 3. The molecule has 0 radical (unpaired) electrons. The molecule has 190 valence electrons. The molecule has 8 heteroatoms. The van der Waals surface area contributed by atoms with Crippen LogP contribution in [0.1, 0.15) is 29.3 Å². The van der Waals surface area contributed by atoms with Crippen molar-refractivity contribution in [2.45, 2.75) is 18.9 Å². The molecule has 1 aliphatic rings. The molecule has 3 amide bonds. The number of nitrogens with zero attached hydrogens (tertiary/aromatic N) is 2. The van der Waals surface area contributed by atoms with E-state index in [0.29, 0.717) is 47.5 Å². The zero-order valence-electron chi connectivity index (χ0n) is 20.6. The van der Waals surface area contributed by atoms with Crippen molar-refractivity contribution in [2.24, 2.45) is 11.5 Å². The van der Waals surface area contributed by atoms with E-state index in [9.17, 15) is 19.5 Å². The molecule has 0 aromatic heterocycles. The van der Waals surface area contributed by atoms with Gasteiger partial charge >= 0.3 is 0 Å². The second-order valence-electron chi connectivity index (χ2n) is 9.53. The fraction of sp³-hybridized carbons (Fsp3) is 0.207. The lowest BCUT2D eigenvalue weighted by atomic mass is 10.0. The number of rotatable bonds is 7. The number of hydrogen-bond acceptors (Lipinski definition) is 5. The van der Waals surface area contributed by atoms with Gasteiger partial charge in [0.1, 0.15) is 12.3 Å². The van der Waals surface area contributed by atoms with Crippen molar-refractivity contribution in [2.75, 3.05) is 24.5 Å². The van der Waals surface area contributed by atoms with E-state index in [1.54, 1.807) is 71.6 Å². The van der Waals surface area contributed by atoms with Crippen LogP contribution >= 0.6 is 0 Å². The molecular formula is C29H30N4O4. The molecule has 5 N–H and O–H groups in total. The standard InChI is InChI=1S/C29H30N4O4/c1-29(31)14-15-32(19-29)27(36)18-33(26(35)13-12-20-6-4-8-22(16-20)28(30)37)23-9-5-7-21(17-23)24-10-2-3-11-25(24)34/h2-13,16-17,34H,14-15,18-19,31H2,1H3,(H2,30,37)/b13-12+. The van der Waals surface area contributed by atoms with Crippen molar-refractivity contribution in [3.63, 3.8) is 0 Å². The maximum absolute atomic E-state index is 13.4. The van der Waals surface area contributed by atoms with Crippen LogP contribution in [-0.4, -0.2) is 52.9 Å². The summed E-state index contributed by atoms with van der Waals surface area (Å²) in [6.07, 6.45) is 3.62. The van der Waals surface area contributed by atoms with Crippen LogP contribution in [0.25, 0.3) is 17.2 Å². The van der Waals surface area contributed by atoms with E-state index in [2.05, 4.69) is 0 Å². The molecule has 3 aromatic rings. The van der Waals surface area contributed by atoms with E-state index in [1.165, 1.54) is 11.0 Å². The van der Waals surface area contributed by atoms with E-state index in [4.69, 9.17) is 11.5 Å². The normalized spacial score (nSPS) is 17.2. The highest BCUT2D eigenvalue weighted by molar-refractivity contribution is 6.07.